The van der Waals surface area contributed by atoms with Crippen molar-refractivity contribution in [3.8, 4) is 5.75 Å². The van der Waals surface area contributed by atoms with Gasteiger partial charge in [-0.2, -0.15) is 0 Å². The third kappa shape index (κ3) is 4.59. The molecule has 1 aromatic heterocycles. The van der Waals surface area contributed by atoms with E-state index < -0.39 is 0 Å². The number of carbonyl (C=O) groups excluding carboxylic acids is 1. The van der Waals surface area contributed by atoms with E-state index in [1.165, 1.54) is 5.56 Å². The molecular formula is C20H17Cl2NO3. The fraction of sp³-hybridized carbons (Fsp3) is 0.150. The highest BCUT2D eigenvalue weighted by Gasteiger charge is 2.12. The van der Waals surface area contributed by atoms with Crippen LogP contribution in [0.25, 0.3) is 0 Å². The molecule has 0 aliphatic rings. The summed E-state index contributed by atoms with van der Waals surface area (Å²) in [7, 11) is 0. The molecule has 6 heteroatoms. The Morgan fingerprint density at radius 1 is 1.08 bits per heavy atom. The molecule has 0 fully saturated rings. The van der Waals surface area contributed by atoms with Gasteiger partial charge in [-0.1, -0.05) is 42.3 Å². The van der Waals surface area contributed by atoms with Crippen molar-refractivity contribution in [3.63, 3.8) is 0 Å². The van der Waals surface area contributed by atoms with Crippen LogP contribution in [0, 0.1) is 0 Å². The first kappa shape index (κ1) is 18.4. The van der Waals surface area contributed by atoms with Gasteiger partial charge in [0.2, 0.25) is 0 Å². The van der Waals surface area contributed by atoms with Crippen LogP contribution in [0.5, 0.6) is 5.75 Å². The summed E-state index contributed by atoms with van der Waals surface area (Å²) in [5, 5.41) is 3.75. The third-order valence-electron chi connectivity index (χ3n) is 3.77. The fourth-order valence-corrected chi connectivity index (χ4v) is 2.80. The number of furan rings is 1. The number of hydrogen-bond acceptors (Lipinski definition) is 3. The van der Waals surface area contributed by atoms with Gasteiger partial charge in [-0.05, 0) is 54.4 Å². The van der Waals surface area contributed by atoms with Gasteiger partial charge in [-0.15, -0.1) is 0 Å². The first-order chi connectivity index (χ1) is 12.5. The SMILES string of the molecule is CCc1ccc(NC(=O)c2ccc(COc3ccc(Cl)cc3Cl)o2)cc1. The van der Waals surface area contributed by atoms with Crippen LogP contribution in [-0.4, -0.2) is 5.91 Å². The van der Waals surface area contributed by atoms with Gasteiger partial charge in [0.05, 0.1) is 5.02 Å². The van der Waals surface area contributed by atoms with Crippen LogP contribution in [0.4, 0.5) is 5.69 Å². The first-order valence-electron chi connectivity index (χ1n) is 8.12. The van der Waals surface area contributed by atoms with E-state index in [0.717, 1.165) is 6.42 Å². The minimum atomic E-state index is -0.315. The zero-order chi connectivity index (χ0) is 18.5. The molecular weight excluding hydrogens is 373 g/mol. The van der Waals surface area contributed by atoms with Gasteiger partial charge in [0.15, 0.2) is 5.76 Å². The Bertz CT molecular complexity index is 904. The third-order valence-corrected chi connectivity index (χ3v) is 4.30. The summed E-state index contributed by atoms with van der Waals surface area (Å²) in [6.45, 7) is 2.23. The molecule has 0 saturated carbocycles. The van der Waals surface area contributed by atoms with Crippen molar-refractivity contribution in [2.24, 2.45) is 0 Å². The zero-order valence-corrected chi connectivity index (χ0v) is 15.6. The summed E-state index contributed by atoms with van der Waals surface area (Å²) < 4.78 is 11.1. The molecule has 0 bridgehead atoms. The van der Waals surface area contributed by atoms with E-state index in [4.69, 9.17) is 32.4 Å². The Labute approximate surface area is 161 Å². The molecule has 0 aliphatic heterocycles. The number of anilines is 1. The largest absolute Gasteiger partial charge is 0.484 e. The van der Waals surface area contributed by atoms with Crippen LogP contribution in [0.3, 0.4) is 0 Å². The topological polar surface area (TPSA) is 51.5 Å². The minimum Gasteiger partial charge on any atom is -0.484 e. The van der Waals surface area contributed by atoms with Crippen molar-refractivity contribution in [3.05, 3.63) is 81.7 Å². The van der Waals surface area contributed by atoms with E-state index in [-0.39, 0.29) is 18.3 Å². The van der Waals surface area contributed by atoms with E-state index in [1.54, 1.807) is 30.3 Å². The van der Waals surface area contributed by atoms with Gasteiger partial charge < -0.3 is 14.5 Å². The lowest BCUT2D eigenvalue weighted by molar-refractivity contribution is 0.0992. The Balaban J connectivity index is 1.60. The average molecular weight is 390 g/mol. The Hall–Kier alpha value is -2.43. The van der Waals surface area contributed by atoms with Crippen molar-refractivity contribution in [2.45, 2.75) is 20.0 Å². The van der Waals surface area contributed by atoms with Crippen LogP contribution >= 0.6 is 23.2 Å². The predicted molar refractivity (Wildman–Crippen MR) is 103 cm³/mol. The highest BCUT2D eigenvalue weighted by Crippen LogP contribution is 2.28. The zero-order valence-electron chi connectivity index (χ0n) is 14.1. The predicted octanol–water partition coefficient (Wildman–Crippen LogP) is 5.98. The van der Waals surface area contributed by atoms with Crippen LogP contribution in [0.1, 0.15) is 28.8 Å². The minimum absolute atomic E-state index is 0.153. The average Bonchev–Trinajstić information content (AvgIpc) is 3.11. The maximum atomic E-state index is 12.3. The first-order valence-corrected chi connectivity index (χ1v) is 8.87. The molecule has 0 unspecified atom stereocenters. The van der Waals surface area contributed by atoms with Gasteiger partial charge >= 0.3 is 0 Å². The summed E-state index contributed by atoms with van der Waals surface area (Å²) in [5.74, 6) is 0.910. The van der Waals surface area contributed by atoms with E-state index in [0.29, 0.717) is 27.2 Å². The quantitative estimate of drug-likeness (QED) is 0.563. The monoisotopic (exact) mass is 389 g/mol. The van der Waals surface area contributed by atoms with Crippen LogP contribution in [0.15, 0.2) is 59.0 Å². The lowest BCUT2D eigenvalue weighted by Crippen LogP contribution is -2.10. The molecule has 1 heterocycles. The number of halogens is 2. The van der Waals surface area contributed by atoms with Gasteiger partial charge in [-0.3, -0.25) is 4.79 Å². The maximum Gasteiger partial charge on any atom is 0.291 e. The normalized spacial score (nSPS) is 10.6. The Morgan fingerprint density at radius 3 is 2.54 bits per heavy atom. The summed E-state index contributed by atoms with van der Waals surface area (Å²) in [6, 6.07) is 16.0. The molecule has 26 heavy (non-hydrogen) atoms. The van der Waals surface area contributed by atoms with Crippen LogP contribution in [0.2, 0.25) is 10.0 Å². The number of hydrogen-bond donors (Lipinski definition) is 1. The molecule has 4 nitrogen and oxygen atoms in total. The summed E-state index contributed by atoms with van der Waals surface area (Å²) in [6.07, 6.45) is 0.952. The number of aryl methyl sites for hydroxylation is 1. The lowest BCUT2D eigenvalue weighted by atomic mass is 10.1. The van der Waals surface area contributed by atoms with Crippen LogP contribution < -0.4 is 10.1 Å². The molecule has 1 amide bonds. The van der Waals surface area contributed by atoms with Gasteiger partial charge in [-0.25, -0.2) is 0 Å². The molecule has 3 rings (SSSR count). The highest BCUT2D eigenvalue weighted by atomic mass is 35.5. The van der Waals surface area contributed by atoms with E-state index >= 15 is 0 Å². The molecule has 2 aromatic carbocycles. The second kappa shape index (κ2) is 8.30. The second-order valence-corrected chi connectivity index (χ2v) is 6.48. The van der Waals surface area contributed by atoms with Crippen molar-refractivity contribution >= 4 is 34.8 Å². The van der Waals surface area contributed by atoms with Gasteiger partial charge in [0, 0.05) is 10.7 Å². The van der Waals surface area contributed by atoms with Gasteiger partial charge in [0.25, 0.3) is 5.91 Å². The molecule has 0 saturated heterocycles. The Morgan fingerprint density at radius 2 is 1.85 bits per heavy atom. The van der Waals surface area contributed by atoms with E-state index in [1.807, 2.05) is 24.3 Å². The smallest absolute Gasteiger partial charge is 0.291 e. The number of rotatable bonds is 6. The fourth-order valence-electron chi connectivity index (χ4n) is 2.34. The Kier molecular flexibility index (Phi) is 5.86. The standard InChI is InChI=1S/C20H17Cl2NO3/c1-2-13-3-6-15(7-4-13)23-20(24)19-10-8-16(26-19)12-25-18-9-5-14(21)11-17(18)22/h3-11H,2,12H2,1H3,(H,23,24). The second-order valence-electron chi connectivity index (χ2n) is 5.63. The van der Waals surface area contributed by atoms with E-state index in [9.17, 15) is 4.79 Å². The number of benzene rings is 2. The van der Waals surface area contributed by atoms with Crippen molar-refractivity contribution in [1.82, 2.24) is 0 Å². The molecule has 134 valence electrons. The summed E-state index contributed by atoms with van der Waals surface area (Å²) >= 11 is 11.9. The molecule has 0 spiro atoms. The molecule has 0 radical (unpaired) electrons. The van der Waals surface area contributed by atoms with Crippen molar-refractivity contribution in [2.75, 3.05) is 5.32 Å². The lowest BCUT2D eigenvalue weighted by Gasteiger charge is -2.06. The number of amides is 1. The summed E-state index contributed by atoms with van der Waals surface area (Å²) in [5.41, 5.74) is 1.93. The van der Waals surface area contributed by atoms with Crippen LogP contribution in [-0.2, 0) is 13.0 Å². The number of carbonyl (C=O) groups is 1. The van der Waals surface area contributed by atoms with Crippen molar-refractivity contribution < 1.29 is 13.9 Å². The molecule has 0 aliphatic carbocycles. The van der Waals surface area contributed by atoms with Gasteiger partial charge in [0.1, 0.15) is 18.1 Å². The maximum absolute atomic E-state index is 12.3. The molecule has 0 atom stereocenters. The highest BCUT2D eigenvalue weighted by molar-refractivity contribution is 6.35. The summed E-state index contributed by atoms with van der Waals surface area (Å²) in [4.78, 5) is 12.3. The van der Waals surface area contributed by atoms with E-state index in [2.05, 4.69) is 12.2 Å². The molecule has 3 aromatic rings. The number of ether oxygens (including phenoxy) is 1. The van der Waals surface area contributed by atoms with Crippen molar-refractivity contribution in [1.29, 1.82) is 0 Å². The number of nitrogens with one attached hydrogen (secondary N) is 1. The molecule has 1 N–H and O–H groups in total.